The fourth-order valence-electron chi connectivity index (χ4n) is 7.46. The highest BCUT2D eigenvalue weighted by atomic mass is 17.1. The van der Waals surface area contributed by atoms with Gasteiger partial charge in [-0.05, 0) is 87.6 Å². The second-order valence-electron chi connectivity index (χ2n) is 14.7. The Balaban J connectivity index is 1.31. The average Bonchev–Trinajstić information content (AvgIpc) is 3.21. The van der Waals surface area contributed by atoms with Crippen molar-refractivity contribution in [1.29, 1.82) is 0 Å². The second kappa shape index (κ2) is 24.4. The Morgan fingerprint density at radius 2 is 1.50 bits per heavy atom. The minimum atomic E-state index is -0.844. The van der Waals surface area contributed by atoms with Crippen LogP contribution in [0, 0.1) is 0 Å². The summed E-state index contributed by atoms with van der Waals surface area (Å²) >= 11 is 0. The van der Waals surface area contributed by atoms with Crippen LogP contribution >= 0.6 is 0 Å². The maximum Gasteiger partial charge on any atom is 0.306 e. The van der Waals surface area contributed by atoms with Crippen LogP contribution in [0.1, 0.15) is 76.2 Å². The summed E-state index contributed by atoms with van der Waals surface area (Å²) in [4.78, 5) is 40.1. The molecule has 1 saturated heterocycles. The van der Waals surface area contributed by atoms with Crippen molar-refractivity contribution in [3.05, 3.63) is 54.1 Å². The van der Waals surface area contributed by atoms with Crippen molar-refractivity contribution in [3.8, 4) is 11.5 Å². The lowest BCUT2D eigenvalue weighted by molar-refractivity contribution is -0.492. The van der Waals surface area contributed by atoms with E-state index in [1.807, 2.05) is 42.5 Å². The molecule has 58 heavy (non-hydrogen) atoms. The number of benzene rings is 2. The van der Waals surface area contributed by atoms with Gasteiger partial charge >= 0.3 is 5.97 Å². The Labute approximate surface area is 339 Å². The zero-order valence-corrected chi connectivity index (χ0v) is 33.3. The van der Waals surface area contributed by atoms with Gasteiger partial charge in [0.05, 0.1) is 61.6 Å². The molecule has 0 bridgehead atoms. The van der Waals surface area contributed by atoms with Crippen molar-refractivity contribution in [2.24, 2.45) is 0 Å². The van der Waals surface area contributed by atoms with Crippen LogP contribution in [0.2, 0.25) is 0 Å². The zero-order valence-electron chi connectivity index (χ0n) is 33.3. The van der Waals surface area contributed by atoms with Crippen LogP contribution in [0.5, 0.6) is 11.5 Å². The van der Waals surface area contributed by atoms with Crippen LogP contribution in [0.4, 0.5) is 5.69 Å². The summed E-state index contributed by atoms with van der Waals surface area (Å²) in [5.41, 5.74) is 1.88. The standard InChI is InChI=1S/C40H60N4O14/c1-51-22-9-20-41-21-25-52-35-19-14-30(26-34(35)41)29-53-36-27-42(38(45)12-5-7-23-54-43(47)48)28-37(58-39(46)13-6-8-24-55-44(49)50)40(36)57-33-17-15-32(16-18-33)56-31-10-3-2-4-11-31/h2-4,10-11,14,19,26,32-33,36-37,40,47-50H,5-9,12-13,15-18,20-25,27-29H2,1H3. The number of carbonyl (C=O) groups is 2. The van der Waals surface area contributed by atoms with Gasteiger partial charge in [-0.3, -0.25) is 40.1 Å². The number of carbonyl (C=O) groups excluding carboxylic acids is 2. The van der Waals surface area contributed by atoms with Gasteiger partial charge in [0, 0.05) is 39.6 Å². The summed E-state index contributed by atoms with van der Waals surface area (Å²) in [6.45, 7) is 3.31. The Morgan fingerprint density at radius 3 is 2.21 bits per heavy atom. The summed E-state index contributed by atoms with van der Waals surface area (Å²) in [5.74, 6) is 0.956. The molecule has 4 N–H and O–H groups in total. The summed E-state index contributed by atoms with van der Waals surface area (Å²) in [6, 6.07) is 15.7. The van der Waals surface area contributed by atoms with Crippen molar-refractivity contribution in [2.45, 2.75) is 108 Å². The molecule has 0 spiro atoms. The molecule has 0 radical (unpaired) electrons. The maximum absolute atomic E-state index is 13.7. The lowest BCUT2D eigenvalue weighted by atomic mass is 9.93. The molecule has 0 aromatic heterocycles. The average molecular weight is 821 g/mol. The van der Waals surface area contributed by atoms with Crippen molar-refractivity contribution >= 4 is 17.6 Å². The number of rotatable bonds is 24. The number of piperidine rings is 1. The number of anilines is 1. The molecule has 2 aromatic carbocycles. The van der Waals surface area contributed by atoms with Crippen molar-refractivity contribution in [1.82, 2.24) is 15.7 Å². The molecular weight excluding hydrogens is 760 g/mol. The molecule has 3 aliphatic rings. The smallest absolute Gasteiger partial charge is 0.306 e. The third kappa shape index (κ3) is 15.2. The van der Waals surface area contributed by atoms with Gasteiger partial charge in [0.2, 0.25) is 5.91 Å². The number of esters is 1. The molecule has 5 rings (SSSR count). The van der Waals surface area contributed by atoms with Crippen molar-refractivity contribution < 1.29 is 68.5 Å². The first kappa shape index (κ1) is 45.4. The lowest BCUT2D eigenvalue weighted by Gasteiger charge is -2.44. The van der Waals surface area contributed by atoms with Crippen LogP contribution in [0.25, 0.3) is 0 Å². The van der Waals surface area contributed by atoms with E-state index in [1.165, 1.54) is 0 Å². The number of amides is 1. The van der Waals surface area contributed by atoms with Crippen LogP contribution in [0.3, 0.4) is 0 Å². The Hall–Kier alpha value is -3.66. The number of hydrogen-bond acceptors (Lipinski definition) is 17. The van der Waals surface area contributed by atoms with Gasteiger partial charge in [-0.25, -0.2) is 0 Å². The summed E-state index contributed by atoms with van der Waals surface area (Å²) < 4.78 is 37.1. The molecule has 18 nitrogen and oxygen atoms in total. The Kier molecular flexibility index (Phi) is 19.1. The van der Waals surface area contributed by atoms with Gasteiger partial charge < -0.3 is 38.2 Å². The van der Waals surface area contributed by atoms with E-state index in [2.05, 4.69) is 20.6 Å². The number of fused-ring (bicyclic) bond motifs is 1. The molecule has 2 aliphatic heterocycles. The Morgan fingerprint density at radius 1 is 0.810 bits per heavy atom. The van der Waals surface area contributed by atoms with Crippen LogP contribution in [-0.2, 0) is 44.8 Å². The molecule has 18 heteroatoms. The van der Waals surface area contributed by atoms with E-state index in [9.17, 15) is 9.59 Å². The van der Waals surface area contributed by atoms with E-state index in [-0.39, 0.29) is 74.6 Å². The SMILES string of the molecule is COCCCN1CCOc2ccc(COC3CN(C(=O)CCCCON(O)O)CC(OC(=O)CCCCON(O)O)C3OC3CCC(Oc4ccccc4)CC3)cc21. The minimum Gasteiger partial charge on any atom is -0.490 e. The topological polar surface area (TPSA) is 202 Å². The Bertz CT molecular complexity index is 1500. The van der Waals surface area contributed by atoms with E-state index in [4.69, 9.17) is 49.3 Å². The van der Waals surface area contributed by atoms with E-state index in [1.54, 1.807) is 12.0 Å². The molecule has 2 fully saturated rings. The first-order valence-electron chi connectivity index (χ1n) is 20.3. The van der Waals surface area contributed by atoms with Gasteiger partial charge in [-0.15, -0.1) is 0 Å². The van der Waals surface area contributed by atoms with Gasteiger partial charge in [0.15, 0.2) is 0 Å². The summed E-state index contributed by atoms with van der Waals surface area (Å²) in [5, 5.41) is 34.6. The number of ether oxygens (including phenoxy) is 6. The third-order valence-corrected chi connectivity index (χ3v) is 10.4. The predicted molar refractivity (Wildman–Crippen MR) is 204 cm³/mol. The number of hydrogen-bond donors (Lipinski definition) is 4. The van der Waals surface area contributed by atoms with Crippen LogP contribution in [-0.4, -0.2) is 139 Å². The fourth-order valence-corrected chi connectivity index (χ4v) is 7.46. The highest BCUT2D eigenvalue weighted by Gasteiger charge is 2.44. The molecule has 1 aliphatic carbocycles. The van der Waals surface area contributed by atoms with E-state index >= 15 is 0 Å². The molecule has 1 amide bonds. The molecule has 2 aromatic rings. The van der Waals surface area contributed by atoms with E-state index in [0.29, 0.717) is 38.9 Å². The normalized spacial score (nSPS) is 22.2. The van der Waals surface area contributed by atoms with E-state index < -0.39 is 24.3 Å². The van der Waals surface area contributed by atoms with Gasteiger partial charge in [0.1, 0.15) is 36.4 Å². The molecular formula is C40H60N4O14. The van der Waals surface area contributed by atoms with Gasteiger partial charge in [0.25, 0.3) is 0 Å². The fraction of sp³-hybridized carbons (Fsp3) is 0.650. The highest BCUT2D eigenvalue weighted by Crippen LogP contribution is 2.34. The quantitative estimate of drug-likeness (QED) is 0.0644. The van der Waals surface area contributed by atoms with Crippen LogP contribution < -0.4 is 14.4 Å². The maximum atomic E-state index is 13.7. The third-order valence-electron chi connectivity index (χ3n) is 10.4. The van der Waals surface area contributed by atoms with Crippen LogP contribution in [0.15, 0.2) is 48.5 Å². The number of para-hydroxylation sites is 1. The summed E-state index contributed by atoms with van der Waals surface area (Å²) in [6.07, 6.45) is 3.31. The van der Waals surface area contributed by atoms with Crippen molar-refractivity contribution in [3.63, 3.8) is 0 Å². The molecule has 3 atom stereocenters. The predicted octanol–water partition coefficient (Wildman–Crippen LogP) is 4.70. The van der Waals surface area contributed by atoms with Gasteiger partial charge in [-0.2, -0.15) is 0 Å². The lowest BCUT2D eigenvalue weighted by Crippen LogP contribution is -2.60. The number of nitrogens with zero attached hydrogens (tertiary/aromatic N) is 4. The van der Waals surface area contributed by atoms with E-state index in [0.717, 1.165) is 67.9 Å². The monoisotopic (exact) mass is 820 g/mol. The van der Waals surface area contributed by atoms with Gasteiger partial charge in [-0.1, -0.05) is 24.3 Å². The summed E-state index contributed by atoms with van der Waals surface area (Å²) in [7, 11) is 1.69. The molecule has 2 heterocycles. The zero-order chi connectivity index (χ0) is 41.1. The highest BCUT2D eigenvalue weighted by molar-refractivity contribution is 5.76. The largest absolute Gasteiger partial charge is 0.490 e. The molecule has 1 saturated carbocycles. The number of likely N-dealkylation sites (tertiary alicyclic amines) is 1. The second-order valence-corrected chi connectivity index (χ2v) is 14.7. The molecule has 324 valence electrons. The minimum absolute atomic E-state index is 0.0100. The number of methoxy groups -OCH3 is 1. The van der Waals surface area contributed by atoms with Crippen molar-refractivity contribution in [2.75, 3.05) is 64.6 Å². The number of unbranched alkanes of at least 4 members (excludes halogenated alkanes) is 2. The first-order chi connectivity index (χ1) is 28.2. The molecule has 3 unspecified atom stereocenters. The first-order valence-corrected chi connectivity index (χ1v) is 20.3.